The molecule has 104 valence electrons. The van der Waals surface area contributed by atoms with Gasteiger partial charge < -0.3 is 10.1 Å². The fourth-order valence-electron chi connectivity index (χ4n) is 1.91. The number of aromatic nitrogens is 5. The molecule has 0 amide bonds. The molecule has 1 unspecified atom stereocenters. The smallest absolute Gasteiger partial charge is 0.106 e. The standard InChI is InChI=1S/C11H17BrN6O/c1-3-13-10(9-7-14-17-16-9)11-8(12)6-15-18(11)4-5-19-2/h6-7,10,13H,3-5H2,1-2H3,(H,14,16,17). The minimum atomic E-state index is -0.0579. The van der Waals surface area contributed by atoms with Gasteiger partial charge in [-0.1, -0.05) is 6.92 Å². The second-order valence-electron chi connectivity index (χ2n) is 3.98. The number of methoxy groups -OCH3 is 1. The summed E-state index contributed by atoms with van der Waals surface area (Å²) < 4.78 is 7.96. The summed E-state index contributed by atoms with van der Waals surface area (Å²) in [4.78, 5) is 0. The van der Waals surface area contributed by atoms with Crippen LogP contribution in [0.5, 0.6) is 0 Å². The van der Waals surface area contributed by atoms with Crippen LogP contribution in [0.25, 0.3) is 0 Å². The lowest BCUT2D eigenvalue weighted by atomic mass is 10.1. The number of H-pyrrole nitrogens is 1. The highest BCUT2D eigenvalue weighted by molar-refractivity contribution is 9.10. The molecule has 0 aliphatic heterocycles. The van der Waals surface area contributed by atoms with Gasteiger partial charge >= 0.3 is 0 Å². The molecular formula is C11H17BrN6O. The molecule has 0 fully saturated rings. The number of hydrogen-bond acceptors (Lipinski definition) is 5. The Bertz CT molecular complexity index is 497. The van der Waals surface area contributed by atoms with E-state index in [1.807, 2.05) is 4.68 Å². The van der Waals surface area contributed by atoms with Crippen LogP contribution in [0, 0.1) is 0 Å². The van der Waals surface area contributed by atoms with Gasteiger partial charge in [-0.3, -0.25) is 4.68 Å². The maximum absolute atomic E-state index is 5.11. The monoisotopic (exact) mass is 328 g/mol. The van der Waals surface area contributed by atoms with E-state index >= 15 is 0 Å². The van der Waals surface area contributed by atoms with E-state index in [4.69, 9.17) is 4.74 Å². The minimum Gasteiger partial charge on any atom is -0.383 e. The lowest BCUT2D eigenvalue weighted by Gasteiger charge is -2.18. The fraction of sp³-hybridized carbons (Fsp3) is 0.545. The van der Waals surface area contributed by atoms with Crippen molar-refractivity contribution < 1.29 is 4.74 Å². The Kier molecular flexibility index (Phi) is 5.06. The third kappa shape index (κ3) is 3.20. The highest BCUT2D eigenvalue weighted by Crippen LogP contribution is 2.27. The number of ether oxygens (including phenoxy) is 1. The summed E-state index contributed by atoms with van der Waals surface area (Å²) in [5, 5.41) is 18.4. The van der Waals surface area contributed by atoms with Gasteiger partial charge in [0.25, 0.3) is 0 Å². The van der Waals surface area contributed by atoms with E-state index in [-0.39, 0.29) is 6.04 Å². The van der Waals surface area contributed by atoms with Crippen molar-refractivity contribution in [2.24, 2.45) is 0 Å². The molecule has 0 saturated heterocycles. The zero-order chi connectivity index (χ0) is 13.7. The number of nitrogens with one attached hydrogen (secondary N) is 2. The van der Waals surface area contributed by atoms with Crippen LogP contribution >= 0.6 is 15.9 Å². The van der Waals surface area contributed by atoms with E-state index in [1.54, 1.807) is 19.5 Å². The highest BCUT2D eigenvalue weighted by Gasteiger charge is 2.23. The summed E-state index contributed by atoms with van der Waals surface area (Å²) >= 11 is 3.54. The molecular weight excluding hydrogens is 312 g/mol. The second-order valence-corrected chi connectivity index (χ2v) is 4.83. The first-order chi connectivity index (χ1) is 9.27. The Labute approximate surface area is 119 Å². The molecule has 2 aromatic heterocycles. The molecule has 0 bridgehead atoms. The van der Waals surface area contributed by atoms with Crippen molar-refractivity contribution in [2.45, 2.75) is 19.5 Å². The van der Waals surface area contributed by atoms with E-state index in [0.29, 0.717) is 13.2 Å². The van der Waals surface area contributed by atoms with Crippen LogP contribution in [0.2, 0.25) is 0 Å². The summed E-state index contributed by atoms with van der Waals surface area (Å²) in [6.45, 7) is 4.17. The van der Waals surface area contributed by atoms with Gasteiger partial charge in [-0.25, -0.2) is 0 Å². The zero-order valence-electron chi connectivity index (χ0n) is 10.9. The van der Waals surface area contributed by atoms with Gasteiger partial charge in [-0.2, -0.15) is 20.5 Å². The van der Waals surface area contributed by atoms with Crippen LogP contribution < -0.4 is 5.32 Å². The Morgan fingerprint density at radius 2 is 2.37 bits per heavy atom. The summed E-state index contributed by atoms with van der Waals surface area (Å²) in [6.07, 6.45) is 3.50. The fourth-order valence-corrected chi connectivity index (χ4v) is 2.44. The predicted molar refractivity (Wildman–Crippen MR) is 73.7 cm³/mol. The normalized spacial score (nSPS) is 12.8. The molecule has 19 heavy (non-hydrogen) atoms. The van der Waals surface area contributed by atoms with Crippen molar-refractivity contribution in [1.29, 1.82) is 0 Å². The highest BCUT2D eigenvalue weighted by atomic mass is 79.9. The van der Waals surface area contributed by atoms with Gasteiger partial charge in [0, 0.05) is 7.11 Å². The average molecular weight is 329 g/mol. The molecule has 0 aliphatic carbocycles. The molecule has 2 heterocycles. The molecule has 2 rings (SSSR count). The summed E-state index contributed by atoms with van der Waals surface area (Å²) in [6, 6.07) is -0.0579. The number of rotatable bonds is 7. The zero-order valence-corrected chi connectivity index (χ0v) is 12.5. The molecule has 0 spiro atoms. The summed E-state index contributed by atoms with van der Waals surface area (Å²) in [7, 11) is 1.68. The van der Waals surface area contributed by atoms with Gasteiger partial charge in [0.05, 0.1) is 41.8 Å². The first kappa shape index (κ1) is 14.2. The number of halogens is 1. The Hall–Kier alpha value is -1.25. The molecule has 8 heteroatoms. The Balaban J connectivity index is 2.33. The van der Waals surface area contributed by atoms with Gasteiger partial charge in [0.1, 0.15) is 5.69 Å². The van der Waals surface area contributed by atoms with Gasteiger partial charge in [-0.05, 0) is 22.5 Å². The van der Waals surface area contributed by atoms with E-state index in [2.05, 4.69) is 48.7 Å². The van der Waals surface area contributed by atoms with Crippen LogP contribution in [0.3, 0.4) is 0 Å². The second kappa shape index (κ2) is 6.78. The van der Waals surface area contributed by atoms with E-state index in [0.717, 1.165) is 22.4 Å². The largest absolute Gasteiger partial charge is 0.383 e. The van der Waals surface area contributed by atoms with Gasteiger partial charge in [0.15, 0.2) is 0 Å². The first-order valence-electron chi connectivity index (χ1n) is 6.07. The molecule has 7 nitrogen and oxygen atoms in total. The minimum absolute atomic E-state index is 0.0579. The first-order valence-corrected chi connectivity index (χ1v) is 6.86. The van der Waals surface area contributed by atoms with Crippen LogP contribution in [0.1, 0.15) is 24.4 Å². The van der Waals surface area contributed by atoms with Crippen molar-refractivity contribution in [3.05, 3.63) is 28.3 Å². The SMILES string of the molecule is CCNC(c1cn[nH]n1)c1c(Br)cnn1CCOC. The van der Waals surface area contributed by atoms with Crippen LogP contribution in [0.15, 0.2) is 16.9 Å². The van der Waals surface area contributed by atoms with Gasteiger partial charge in [-0.15, -0.1) is 0 Å². The van der Waals surface area contributed by atoms with Crippen molar-refractivity contribution in [2.75, 3.05) is 20.3 Å². The van der Waals surface area contributed by atoms with Crippen molar-refractivity contribution in [3.63, 3.8) is 0 Å². The topological polar surface area (TPSA) is 80.7 Å². The molecule has 2 aromatic rings. The molecule has 1 atom stereocenters. The van der Waals surface area contributed by atoms with Crippen molar-refractivity contribution in [1.82, 2.24) is 30.5 Å². The molecule has 2 N–H and O–H groups in total. The molecule has 0 saturated carbocycles. The number of aromatic amines is 1. The predicted octanol–water partition coefficient (Wildman–Crippen LogP) is 1.11. The Morgan fingerprint density at radius 3 is 3.00 bits per heavy atom. The third-order valence-electron chi connectivity index (χ3n) is 2.75. The molecule has 0 aliphatic rings. The number of nitrogens with zero attached hydrogens (tertiary/aromatic N) is 4. The average Bonchev–Trinajstić information content (AvgIpc) is 3.04. The summed E-state index contributed by atoms with van der Waals surface area (Å²) in [5.74, 6) is 0. The van der Waals surface area contributed by atoms with Crippen LogP contribution in [-0.4, -0.2) is 45.5 Å². The molecule has 0 radical (unpaired) electrons. The Morgan fingerprint density at radius 1 is 1.53 bits per heavy atom. The number of hydrogen-bond donors (Lipinski definition) is 2. The maximum atomic E-state index is 5.11. The summed E-state index contributed by atoms with van der Waals surface area (Å²) in [5.41, 5.74) is 1.86. The van der Waals surface area contributed by atoms with Crippen LogP contribution in [-0.2, 0) is 11.3 Å². The van der Waals surface area contributed by atoms with Gasteiger partial charge in [0.2, 0.25) is 0 Å². The van der Waals surface area contributed by atoms with E-state index in [1.165, 1.54) is 0 Å². The van der Waals surface area contributed by atoms with E-state index in [9.17, 15) is 0 Å². The molecule has 0 aromatic carbocycles. The van der Waals surface area contributed by atoms with Crippen molar-refractivity contribution >= 4 is 15.9 Å². The lowest BCUT2D eigenvalue weighted by Crippen LogP contribution is -2.26. The lowest BCUT2D eigenvalue weighted by molar-refractivity contribution is 0.182. The maximum Gasteiger partial charge on any atom is 0.106 e. The third-order valence-corrected chi connectivity index (χ3v) is 3.36. The van der Waals surface area contributed by atoms with E-state index < -0.39 is 0 Å². The quantitative estimate of drug-likeness (QED) is 0.795. The van der Waals surface area contributed by atoms with Crippen molar-refractivity contribution in [3.8, 4) is 0 Å². The van der Waals surface area contributed by atoms with Crippen LogP contribution in [0.4, 0.5) is 0 Å².